The molecule has 0 unspecified atom stereocenters. The van der Waals surface area contributed by atoms with Gasteiger partial charge >= 0.3 is 0 Å². The molecule has 2 aromatic rings. The van der Waals surface area contributed by atoms with Gasteiger partial charge in [0.25, 0.3) is 0 Å². The van der Waals surface area contributed by atoms with Gasteiger partial charge in [0, 0.05) is 36.6 Å². The van der Waals surface area contributed by atoms with Crippen LogP contribution in [0, 0.1) is 0 Å². The van der Waals surface area contributed by atoms with Gasteiger partial charge in [0.2, 0.25) is 0 Å². The summed E-state index contributed by atoms with van der Waals surface area (Å²) >= 11 is 6.06. The van der Waals surface area contributed by atoms with Gasteiger partial charge in [-0.25, -0.2) is 0 Å². The van der Waals surface area contributed by atoms with Crippen molar-refractivity contribution in [3.8, 4) is 17.2 Å². The molecule has 0 aromatic heterocycles. The number of nitrogens with zero attached hydrogens (tertiary/aromatic N) is 1. The molecule has 5 rings (SSSR count). The van der Waals surface area contributed by atoms with Gasteiger partial charge in [-0.2, -0.15) is 0 Å². The van der Waals surface area contributed by atoms with E-state index in [1.807, 2.05) is 24.3 Å². The lowest BCUT2D eigenvalue weighted by molar-refractivity contribution is -0.0587. The van der Waals surface area contributed by atoms with Gasteiger partial charge in [0.1, 0.15) is 24.6 Å². The van der Waals surface area contributed by atoms with Crippen LogP contribution < -0.4 is 14.2 Å². The SMILES string of the molecule is O[C@H](CN1CCC2(CC1)C[C@@H](O)c1cc(Cl)ccc1O2)c1ccc2c(c1)OCCO2. The second-order valence-electron chi connectivity index (χ2n) is 8.41. The fourth-order valence-corrected chi connectivity index (χ4v) is 4.86. The number of hydrogen-bond acceptors (Lipinski definition) is 6. The Labute approximate surface area is 180 Å². The van der Waals surface area contributed by atoms with Gasteiger partial charge in [0.05, 0.1) is 12.2 Å². The molecule has 160 valence electrons. The topological polar surface area (TPSA) is 71.4 Å². The Morgan fingerprint density at radius 1 is 1.03 bits per heavy atom. The Bertz CT molecular complexity index is 928. The molecule has 30 heavy (non-hydrogen) atoms. The molecule has 1 spiro atoms. The van der Waals surface area contributed by atoms with Crippen molar-refractivity contribution in [1.29, 1.82) is 0 Å². The lowest BCUT2D eigenvalue weighted by Crippen LogP contribution is -2.51. The van der Waals surface area contributed by atoms with Gasteiger partial charge < -0.3 is 29.3 Å². The Hall–Kier alpha value is -1.99. The molecule has 0 saturated carbocycles. The third-order valence-corrected chi connectivity index (χ3v) is 6.61. The molecule has 1 saturated heterocycles. The molecule has 0 bridgehead atoms. The molecule has 0 aliphatic carbocycles. The first-order valence-corrected chi connectivity index (χ1v) is 10.9. The standard InChI is InChI=1S/C23H26ClNO5/c24-16-2-4-20-17(12-16)18(26)13-23(30-20)5-7-25(8-6-23)14-19(27)15-1-3-21-22(11-15)29-10-9-28-21/h1-4,11-12,18-19,26-27H,5-10,13-14H2/t18-,19-/m1/s1. The number of benzene rings is 2. The van der Waals surface area contributed by atoms with Crippen molar-refractivity contribution in [3.63, 3.8) is 0 Å². The Kier molecular flexibility index (Phi) is 5.27. The summed E-state index contributed by atoms with van der Waals surface area (Å²) in [5.74, 6) is 2.15. The minimum Gasteiger partial charge on any atom is -0.487 e. The van der Waals surface area contributed by atoms with Crippen LogP contribution in [0.15, 0.2) is 36.4 Å². The normalized spacial score (nSPS) is 23.5. The molecular formula is C23H26ClNO5. The van der Waals surface area contributed by atoms with Crippen LogP contribution in [0.3, 0.4) is 0 Å². The molecule has 2 atom stereocenters. The number of fused-ring (bicyclic) bond motifs is 2. The molecule has 3 aliphatic rings. The third kappa shape index (κ3) is 3.85. The van der Waals surface area contributed by atoms with E-state index in [0.29, 0.717) is 37.0 Å². The summed E-state index contributed by atoms with van der Waals surface area (Å²) in [5.41, 5.74) is 1.23. The van der Waals surface area contributed by atoms with E-state index in [1.165, 1.54) is 0 Å². The Morgan fingerprint density at radius 2 is 1.77 bits per heavy atom. The van der Waals surface area contributed by atoms with Crippen molar-refractivity contribution in [2.45, 2.75) is 37.1 Å². The zero-order valence-electron chi connectivity index (χ0n) is 16.7. The highest BCUT2D eigenvalue weighted by Gasteiger charge is 2.43. The zero-order chi connectivity index (χ0) is 20.7. The first kappa shape index (κ1) is 19.9. The van der Waals surface area contributed by atoms with Crippen molar-refractivity contribution in [2.75, 3.05) is 32.8 Å². The van der Waals surface area contributed by atoms with E-state index in [2.05, 4.69) is 4.90 Å². The smallest absolute Gasteiger partial charge is 0.161 e. The largest absolute Gasteiger partial charge is 0.487 e. The van der Waals surface area contributed by atoms with Crippen LogP contribution in [0.25, 0.3) is 0 Å². The molecule has 0 amide bonds. The van der Waals surface area contributed by atoms with E-state index < -0.39 is 12.2 Å². The molecule has 0 radical (unpaired) electrons. The maximum atomic E-state index is 10.8. The van der Waals surface area contributed by atoms with Crippen molar-refractivity contribution in [2.24, 2.45) is 0 Å². The molecule has 6 nitrogen and oxygen atoms in total. The van der Waals surface area contributed by atoms with Crippen LogP contribution in [-0.2, 0) is 0 Å². The number of hydrogen-bond donors (Lipinski definition) is 2. The summed E-state index contributed by atoms with van der Waals surface area (Å²) in [6.45, 7) is 3.24. The minimum atomic E-state index is -0.601. The molecular weight excluding hydrogens is 406 g/mol. The number of likely N-dealkylation sites (tertiary alicyclic amines) is 1. The van der Waals surface area contributed by atoms with Crippen LogP contribution in [0.4, 0.5) is 0 Å². The van der Waals surface area contributed by atoms with Crippen molar-refractivity contribution >= 4 is 11.6 Å². The van der Waals surface area contributed by atoms with Gasteiger partial charge in [-0.15, -0.1) is 0 Å². The van der Waals surface area contributed by atoms with Gasteiger partial charge in [-0.1, -0.05) is 17.7 Å². The summed E-state index contributed by atoms with van der Waals surface area (Å²) < 4.78 is 17.5. The number of aliphatic hydroxyl groups is 2. The maximum absolute atomic E-state index is 10.8. The fourth-order valence-electron chi connectivity index (χ4n) is 4.68. The number of β-amino-alcohol motifs (C(OH)–C–C–N with tert-alkyl or cyclic N) is 1. The number of ether oxygens (including phenoxy) is 3. The average molecular weight is 432 g/mol. The van der Waals surface area contributed by atoms with E-state index >= 15 is 0 Å². The van der Waals surface area contributed by atoms with Gasteiger partial charge in [0.15, 0.2) is 11.5 Å². The summed E-state index contributed by atoms with van der Waals surface area (Å²) in [7, 11) is 0. The highest BCUT2D eigenvalue weighted by molar-refractivity contribution is 6.30. The van der Waals surface area contributed by atoms with Gasteiger partial charge in [-0.3, -0.25) is 0 Å². The average Bonchev–Trinajstić information content (AvgIpc) is 2.76. The molecule has 2 N–H and O–H groups in total. The lowest BCUT2D eigenvalue weighted by Gasteiger charge is -2.46. The molecule has 1 fully saturated rings. The van der Waals surface area contributed by atoms with E-state index in [1.54, 1.807) is 12.1 Å². The van der Waals surface area contributed by atoms with Crippen molar-refractivity contribution in [3.05, 3.63) is 52.5 Å². The van der Waals surface area contributed by atoms with E-state index in [-0.39, 0.29) is 5.60 Å². The predicted octanol–water partition coefficient (Wildman–Crippen LogP) is 3.50. The summed E-state index contributed by atoms with van der Waals surface area (Å²) in [4.78, 5) is 2.25. The molecule has 3 aliphatic heterocycles. The van der Waals surface area contributed by atoms with Crippen LogP contribution in [0.5, 0.6) is 17.2 Å². The quantitative estimate of drug-likeness (QED) is 0.775. The molecule has 3 heterocycles. The predicted molar refractivity (Wildman–Crippen MR) is 112 cm³/mol. The van der Waals surface area contributed by atoms with Crippen LogP contribution in [0.2, 0.25) is 5.02 Å². The highest BCUT2D eigenvalue weighted by atomic mass is 35.5. The second-order valence-corrected chi connectivity index (χ2v) is 8.84. The highest BCUT2D eigenvalue weighted by Crippen LogP contribution is 2.45. The van der Waals surface area contributed by atoms with E-state index in [0.717, 1.165) is 48.6 Å². The summed E-state index contributed by atoms with van der Waals surface area (Å²) in [6, 6.07) is 11.1. The Balaban J connectivity index is 1.22. The van der Waals surface area contributed by atoms with Crippen LogP contribution >= 0.6 is 11.6 Å². The van der Waals surface area contributed by atoms with E-state index in [4.69, 9.17) is 25.8 Å². The number of aliphatic hydroxyl groups excluding tert-OH is 2. The van der Waals surface area contributed by atoms with Crippen molar-refractivity contribution in [1.82, 2.24) is 4.90 Å². The van der Waals surface area contributed by atoms with Gasteiger partial charge in [-0.05, 0) is 48.7 Å². The minimum absolute atomic E-state index is 0.362. The number of halogens is 1. The Morgan fingerprint density at radius 3 is 2.57 bits per heavy atom. The summed E-state index contributed by atoms with van der Waals surface area (Å²) in [5, 5.41) is 22.0. The zero-order valence-corrected chi connectivity index (χ0v) is 17.5. The fraction of sp³-hybridized carbons (Fsp3) is 0.478. The first-order valence-electron chi connectivity index (χ1n) is 10.5. The van der Waals surface area contributed by atoms with Crippen LogP contribution in [-0.4, -0.2) is 53.6 Å². The summed E-state index contributed by atoms with van der Waals surface area (Å²) in [6.07, 6.45) is 1.01. The first-order chi connectivity index (χ1) is 14.5. The molecule has 2 aromatic carbocycles. The second kappa shape index (κ2) is 7.93. The number of piperidine rings is 1. The van der Waals surface area contributed by atoms with Crippen LogP contribution in [0.1, 0.15) is 42.6 Å². The lowest BCUT2D eigenvalue weighted by atomic mass is 9.81. The van der Waals surface area contributed by atoms with Crippen molar-refractivity contribution < 1.29 is 24.4 Å². The van der Waals surface area contributed by atoms with E-state index in [9.17, 15) is 10.2 Å². The monoisotopic (exact) mass is 431 g/mol. The number of rotatable bonds is 3. The maximum Gasteiger partial charge on any atom is 0.161 e. The third-order valence-electron chi connectivity index (χ3n) is 6.37. The molecule has 7 heteroatoms.